The summed E-state index contributed by atoms with van der Waals surface area (Å²) in [5.74, 6) is 1.37. The minimum absolute atomic E-state index is 0.0486. The Labute approximate surface area is 143 Å². The molecule has 0 saturated heterocycles. The number of carbonyl (C=O) groups is 1. The molecule has 1 amide bonds. The van der Waals surface area contributed by atoms with Crippen molar-refractivity contribution in [2.45, 2.75) is 39.3 Å². The molecule has 4 heteroatoms. The van der Waals surface area contributed by atoms with Crippen molar-refractivity contribution >= 4 is 5.91 Å². The monoisotopic (exact) mass is 327 g/mol. The third kappa shape index (κ3) is 4.75. The Morgan fingerprint density at radius 3 is 2.17 bits per heavy atom. The standard InChI is InChI=1S/C20H25NO3/c1-5-19(16-8-12-17(23-4)13-9-16)21-20(22)15(3)24-18-10-6-14(2)7-11-18/h6-13,15,19H,5H2,1-4H3,(H,21,22)/t15-,19+/m0/s1. The number of rotatable bonds is 7. The number of methoxy groups -OCH3 is 1. The maximum Gasteiger partial charge on any atom is 0.261 e. The zero-order valence-electron chi connectivity index (χ0n) is 14.7. The lowest BCUT2D eigenvalue weighted by atomic mass is 10.0. The first kappa shape index (κ1) is 17.9. The highest BCUT2D eigenvalue weighted by Gasteiger charge is 2.19. The number of aryl methyl sites for hydroxylation is 1. The molecule has 1 N–H and O–H groups in total. The molecule has 128 valence electrons. The summed E-state index contributed by atoms with van der Waals surface area (Å²) in [5.41, 5.74) is 2.21. The van der Waals surface area contributed by atoms with Crippen LogP contribution in [-0.2, 0) is 4.79 Å². The molecule has 0 spiro atoms. The van der Waals surface area contributed by atoms with Gasteiger partial charge in [0, 0.05) is 0 Å². The van der Waals surface area contributed by atoms with Crippen molar-refractivity contribution in [3.05, 3.63) is 59.7 Å². The van der Waals surface area contributed by atoms with Crippen LogP contribution in [0.3, 0.4) is 0 Å². The van der Waals surface area contributed by atoms with Gasteiger partial charge in [-0.15, -0.1) is 0 Å². The lowest BCUT2D eigenvalue weighted by Crippen LogP contribution is -2.38. The Hall–Kier alpha value is -2.49. The molecule has 0 bridgehead atoms. The summed E-state index contributed by atoms with van der Waals surface area (Å²) in [6.45, 7) is 5.82. The average Bonchev–Trinajstić information content (AvgIpc) is 2.61. The lowest BCUT2D eigenvalue weighted by Gasteiger charge is -2.21. The summed E-state index contributed by atoms with van der Waals surface area (Å²) in [4.78, 5) is 12.4. The molecule has 0 aromatic heterocycles. The van der Waals surface area contributed by atoms with Crippen LogP contribution in [0.2, 0.25) is 0 Å². The quantitative estimate of drug-likeness (QED) is 0.835. The fourth-order valence-corrected chi connectivity index (χ4v) is 2.42. The lowest BCUT2D eigenvalue weighted by molar-refractivity contribution is -0.128. The second-order valence-electron chi connectivity index (χ2n) is 5.82. The van der Waals surface area contributed by atoms with E-state index in [4.69, 9.17) is 9.47 Å². The predicted octanol–water partition coefficient (Wildman–Crippen LogP) is 4.04. The van der Waals surface area contributed by atoms with Crippen LogP contribution in [0.5, 0.6) is 11.5 Å². The van der Waals surface area contributed by atoms with E-state index in [0.29, 0.717) is 5.75 Å². The van der Waals surface area contributed by atoms with Crippen LogP contribution in [0.25, 0.3) is 0 Å². The average molecular weight is 327 g/mol. The van der Waals surface area contributed by atoms with E-state index in [0.717, 1.165) is 23.3 Å². The predicted molar refractivity (Wildman–Crippen MR) is 95.4 cm³/mol. The SMILES string of the molecule is CC[C@@H](NC(=O)[C@H](C)Oc1ccc(C)cc1)c1ccc(OC)cc1. The highest BCUT2D eigenvalue weighted by molar-refractivity contribution is 5.81. The Kier molecular flexibility index (Phi) is 6.24. The fraction of sp³-hybridized carbons (Fsp3) is 0.350. The van der Waals surface area contributed by atoms with Gasteiger partial charge in [-0.2, -0.15) is 0 Å². The molecule has 2 atom stereocenters. The molecule has 0 unspecified atom stereocenters. The molecule has 4 nitrogen and oxygen atoms in total. The van der Waals surface area contributed by atoms with Gasteiger partial charge in [-0.1, -0.05) is 36.8 Å². The van der Waals surface area contributed by atoms with Crippen molar-refractivity contribution in [1.29, 1.82) is 0 Å². The first-order valence-corrected chi connectivity index (χ1v) is 8.21. The molecular weight excluding hydrogens is 302 g/mol. The van der Waals surface area contributed by atoms with E-state index in [2.05, 4.69) is 5.32 Å². The third-order valence-electron chi connectivity index (χ3n) is 3.95. The summed E-state index contributed by atoms with van der Waals surface area (Å²) in [6.07, 6.45) is 0.245. The van der Waals surface area contributed by atoms with Crippen LogP contribution in [0.1, 0.15) is 37.4 Å². The number of amides is 1. The van der Waals surface area contributed by atoms with Crippen molar-refractivity contribution in [2.75, 3.05) is 7.11 Å². The largest absolute Gasteiger partial charge is 0.497 e. The molecule has 0 aliphatic heterocycles. The van der Waals surface area contributed by atoms with Crippen LogP contribution in [-0.4, -0.2) is 19.1 Å². The number of hydrogen-bond donors (Lipinski definition) is 1. The second-order valence-corrected chi connectivity index (χ2v) is 5.82. The van der Waals surface area contributed by atoms with Gasteiger partial charge in [0.25, 0.3) is 5.91 Å². The van der Waals surface area contributed by atoms with Crippen molar-refractivity contribution in [1.82, 2.24) is 5.32 Å². The molecule has 2 aromatic carbocycles. The van der Waals surface area contributed by atoms with Gasteiger partial charge in [0.2, 0.25) is 0 Å². The number of nitrogens with one attached hydrogen (secondary N) is 1. The van der Waals surface area contributed by atoms with E-state index < -0.39 is 6.10 Å². The van der Waals surface area contributed by atoms with Gasteiger partial charge in [-0.25, -0.2) is 0 Å². The number of ether oxygens (including phenoxy) is 2. The van der Waals surface area contributed by atoms with Crippen molar-refractivity contribution in [3.63, 3.8) is 0 Å². The first-order valence-electron chi connectivity index (χ1n) is 8.21. The summed E-state index contributed by atoms with van der Waals surface area (Å²) >= 11 is 0. The van der Waals surface area contributed by atoms with Gasteiger partial charge >= 0.3 is 0 Å². The van der Waals surface area contributed by atoms with Crippen LogP contribution in [0, 0.1) is 6.92 Å². The van der Waals surface area contributed by atoms with E-state index in [-0.39, 0.29) is 11.9 Å². The fourth-order valence-electron chi connectivity index (χ4n) is 2.42. The maximum absolute atomic E-state index is 12.4. The van der Waals surface area contributed by atoms with Gasteiger partial charge in [0.1, 0.15) is 11.5 Å². The van der Waals surface area contributed by atoms with E-state index in [9.17, 15) is 4.79 Å². The van der Waals surface area contributed by atoms with Crippen LogP contribution < -0.4 is 14.8 Å². The summed E-state index contributed by atoms with van der Waals surface area (Å²) in [7, 11) is 1.64. The Morgan fingerprint density at radius 1 is 1.04 bits per heavy atom. The molecule has 24 heavy (non-hydrogen) atoms. The molecule has 0 fully saturated rings. The van der Waals surface area contributed by atoms with Crippen LogP contribution in [0.15, 0.2) is 48.5 Å². The van der Waals surface area contributed by atoms with Crippen molar-refractivity contribution < 1.29 is 14.3 Å². The third-order valence-corrected chi connectivity index (χ3v) is 3.95. The minimum Gasteiger partial charge on any atom is -0.497 e. The Bertz CT molecular complexity index is 650. The number of hydrogen-bond acceptors (Lipinski definition) is 3. The number of benzene rings is 2. The van der Waals surface area contributed by atoms with Gasteiger partial charge < -0.3 is 14.8 Å². The van der Waals surface area contributed by atoms with Crippen molar-refractivity contribution in [3.8, 4) is 11.5 Å². The maximum atomic E-state index is 12.4. The van der Waals surface area contributed by atoms with E-state index in [1.165, 1.54) is 0 Å². The molecule has 0 aliphatic carbocycles. The van der Waals surface area contributed by atoms with Gasteiger partial charge in [-0.3, -0.25) is 4.79 Å². The molecule has 0 saturated carbocycles. The topological polar surface area (TPSA) is 47.6 Å². The summed E-state index contributed by atoms with van der Waals surface area (Å²) < 4.78 is 10.9. The van der Waals surface area contributed by atoms with Crippen molar-refractivity contribution in [2.24, 2.45) is 0 Å². The Morgan fingerprint density at radius 2 is 1.62 bits per heavy atom. The van der Waals surface area contributed by atoms with Gasteiger partial charge in [-0.05, 0) is 50.1 Å². The molecule has 0 radical (unpaired) electrons. The van der Waals surface area contributed by atoms with E-state index in [1.54, 1.807) is 14.0 Å². The van der Waals surface area contributed by atoms with Crippen LogP contribution >= 0.6 is 0 Å². The summed E-state index contributed by atoms with van der Waals surface area (Å²) in [6, 6.07) is 15.4. The highest BCUT2D eigenvalue weighted by atomic mass is 16.5. The van der Waals surface area contributed by atoms with Crippen LogP contribution in [0.4, 0.5) is 0 Å². The normalized spacial score (nSPS) is 13.0. The van der Waals surface area contributed by atoms with Gasteiger partial charge in [0.05, 0.1) is 13.2 Å². The molecular formula is C20H25NO3. The van der Waals surface area contributed by atoms with E-state index in [1.807, 2.05) is 62.4 Å². The zero-order chi connectivity index (χ0) is 17.5. The van der Waals surface area contributed by atoms with Gasteiger partial charge in [0.15, 0.2) is 6.10 Å². The minimum atomic E-state index is -0.556. The zero-order valence-corrected chi connectivity index (χ0v) is 14.7. The number of carbonyl (C=O) groups excluding carboxylic acids is 1. The molecule has 0 aliphatic rings. The smallest absolute Gasteiger partial charge is 0.261 e. The highest BCUT2D eigenvalue weighted by Crippen LogP contribution is 2.20. The summed E-state index contributed by atoms with van der Waals surface area (Å²) in [5, 5.41) is 3.05. The molecule has 2 aromatic rings. The Balaban J connectivity index is 1.98. The molecule has 0 heterocycles. The second kappa shape index (κ2) is 8.39. The first-order chi connectivity index (χ1) is 11.5. The van der Waals surface area contributed by atoms with E-state index >= 15 is 0 Å². The molecule has 2 rings (SSSR count).